The lowest BCUT2D eigenvalue weighted by Gasteiger charge is -2.11. The molecule has 0 unspecified atom stereocenters. The maximum atomic E-state index is 13.2. The summed E-state index contributed by atoms with van der Waals surface area (Å²) in [4.78, 5) is 0.334. The maximum Gasteiger partial charge on any atom is 0.268 e. The van der Waals surface area contributed by atoms with Gasteiger partial charge in [-0.1, -0.05) is 38.1 Å². The van der Waals surface area contributed by atoms with E-state index in [9.17, 15) is 8.42 Å². The van der Waals surface area contributed by atoms with Crippen molar-refractivity contribution in [3.8, 4) is 0 Å². The Hall–Kier alpha value is -2.11. The quantitative estimate of drug-likeness (QED) is 0.781. The third-order valence-electron chi connectivity index (χ3n) is 4.95. The zero-order valence-electron chi connectivity index (χ0n) is 14.5. The van der Waals surface area contributed by atoms with Crippen molar-refractivity contribution in [3.63, 3.8) is 0 Å². The van der Waals surface area contributed by atoms with Crippen molar-refractivity contribution in [3.05, 3.63) is 65.4 Å². The van der Waals surface area contributed by atoms with Gasteiger partial charge in [-0.25, -0.2) is 12.4 Å². The molecule has 0 saturated carbocycles. The Kier molecular flexibility index (Phi) is 3.93. The van der Waals surface area contributed by atoms with Crippen molar-refractivity contribution in [1.29, 1.82) is 0 Å². The smallest absolute Gasteiger partial charge is 0.268 e. The van der Waals surface area contributed by atoms with Gasteiger partial charge < -0.3 is 5.32 Å². The van der Waals surface area contributed by atoms with E-state index in [2.05, 4.69) is 25.2 Å². The van der Waals surface area contributed by atoms with E-state index in [1.165, 1.54) is 3.97 Å². The van der Waals surface area contributed by atoms with Gasteiger partial charge in [0.1, 0.15) is 0 Å². The third kappa shape index (κ3) is 2.68. The van der Waals surface area contributed by atoms with E-state index in [1.54, 1.807) is 18.3 Å². The Morgan fingerprint density at radius 2 is 1.80 bits per heavy atom. The molecular weight excluding hydrogens is 332 g/mol. The molecule has 4 rings (SSSR count). The Bertz CT molecular complexity index is 1030. The fourth-order valence-corrected chi connectivity index (χ4v) is 4.92. The minimum absolute atomic E-state index is 0.334. The molecular formula is C20H22N2O2S. The molecule has 1 aliphatic heterocycles. The molecule has 0 spiro atoms. The molecule has 1 aromatic heterocycles. The summed E-state index contributed by atoms with van der Waals surface area (Å²) in [5.74, 6) is 0.378. The summed E-state index contributed by atoms with van der Waals surface area (Å²) in [5, 5.41) is 4.47. The highest BCUT2D eigenvalue weighted by Crippen LogP contribution is 2.30. The number of aromatic nitrogens is 1. The van der Waals surface area contributed by atoms with E-state index in [0.717, 1.165) is 47.1 Å². The van der Waals surface area contributed by atoms with Crippen LogP contribution in [-0.4, -0.2) is 18.9 Å². The van der Waals surface area contributed by atoms with Gasteiger partial charge in [0, 0.05) is 18.1 Å². The van der Waals surface area contributed by atoms with Crippen LogP contribution >= 0.6 is 0 Å². The molecule has 0 bridgehead atoms. The summed E-state index contributed by atoms with van der Waals surface area (Å²) >= 11 is 0. The first-order valence-electron chi connectivity index (χ1n) is 8.66. The van der Waals surface area contributed by atoms with Crippen molar-refractivity contribution < 1.29 is 8.42 Å². The molecule has 25 heavy (non-hydrogen) atoms. The SMILES string of the molecule is CC(C)c1ccc(S(=O)(=O)n2cc3c4c(cccc42)CNCC3)cc1. The highest BCUT2D eigenvalue weighted by atomic mass is 32.2. The molecule has 0 saturated heterocycles. The predicted molar refractivity (Wildman–Crippen MR) is 100 cm³/mol. The second kappa shape index (κ2) is 6.00. The highest BCUT2D eigenvalue weighted by molar-refractivity contribution is 7.90. The van der Waals surface area contributed by atoms with E-state index in [4.69, 9.17) is 0 Å². The van der Waals surface area contributed by atoms with Crippen LogP contribution < -0.4 is 5.32 Å². The van der Waals surface area contributed by atoms with Gasteiger partial charge in [-0.05, 0) is 53.8 Å². The van der Waals surface area contributed by atoms with Crippen LogP contribution in [0.5, 0.6) is 0 Å². The molecule has 0 atom stereocenters. The minimum atomic E-state index is -3.60. The van der Waals surface area contributed by atoms with Gasteiger partial charge in [-0.3, -0.25) is 0 Å². The Balaban J connectivity index is 1.89. The fourth-order valence-electron chi connectivity index (χ4n) is 3.54. The van der Waals surface area contributed by atoms with E-state index >= 15 is 0 Å². The van der Waals surface area contributed by atoms with Gasteiger partial charge in [0.15, 0.2) is 0 Å². The van der Waals surface area contributed by atoms with Crippen LogP contribution in [0.25, 0.3) is 10.9 Å². The topological polar surface area (TPSA) is 51.1 Å². The molecule has 2 aromatic carbocycles. The van der Waals surface area contributed by atoms with Crippen molar-refractivity contribution in [2.24, 2.45) is 0 Å². The first-order chi connectivity index (χ1) is 12.0. The normalized spacial score (nSPS) is 14.8. The van der Waals surface area contributed by atoms with Crippen molar-refractivity contribution in [1.82, 2.24) is 9.29 Å². The van der Waals surface area contributed by atoms with Gasteiger partial charge in [-0.15, -0.1) is 0 Å². The Morgan fingerprint density at radius 3 is 2.52 bits per heavy atom. The van der Waals surface area contributed by atoms with Gasteiger partial charge >= 0.3 is 0 Å². The summed E-state index contributed by atoms with van der Waals surface area (Å²) in [6.45, 7) is 5.83. The number of nitrogens with zero attached hydrogens (tertiary/aromatic N) is 1. The standard InChI is InChI=1S/C20H22N2O2S/c1-14(2)15-6-8-18(9-7-15)25(23,24)22-13-17-10-11-21-12-16-4-3-5-19(22)20(16)17/h3-9,13-14,21H,10-12H2,1-2H3. The molecule has 2 heterocycles. The van der Waals surface area contributed by atoms with E-state index in [0.29, 0.717) is 10.8 Å². The molecule has 1 aliphatic rings. The molecule has 0 radical (unpaired) electrons. The molecule has 130 valence electrons. The summed E-state index contributed by atoms with van der Waals surface area (Å²) in [6.07, 6.45) is 2.63. The summed E-state index contributed by atoms with van der Waals surface area (Å²) in [7, 11) is -3.60. The Labute approximate surface area is 148 Å². The first kappa shape index (κ1) is 16.4. The van der Waals surface area contributed by atoms with Gasteiger partial charge in [0.2, 0.25) is 0 Å². The van der Waals surface area contributed by atoms with Crippen molar-refractivity contribution in [2.45, 2.75) is 37.6 Å². The van der Waals surface area contributed by atoms with Gasteiger partial charge in [0.25, 0.3) is 10.0 Å². The highest BCUT2D eigenvalue weighted by Gasteiger charge is 2.23. The summed E-state index contributed by atoms with van der Waals surface area (Å²) in [5.41, 5.74) is 4.16. The van der Waals surface area contributed by atoms with Crippen molar-refractivity contribution in [2.75, 3.05) is 6.54 Å². The lowest BCUT2D eigenvalue weighted by molar-refractivity contribution is 0.588. The molecule has 0 aliphatic carbocycles. The third-order valence-corrected chi connectivity index (χ3v) is 6.64. The van der Waals surface area contributed by atoms with Crippen LogP contribution in [0.3, 0.4) is 0 Å². The number of rotatable bonds is 3. The summed E-state index contributed by atoms with van der Waals surface area (Å²) < 4.78 is 27.9. The molecule has 5 heteroatoms. The van der Waals surface area contributed by atoms with Crippen LogP contribution in [0, 0.1) is 0 Å². The first-order valence-corrected chi connectivity index (χ1v) is 10.1. The van der Waals surface area contributed by atoms with Crippen LogP contribution in [0.4, 0.5) is 0 Å². The van der Waals surface area contributed by atoms with Gasteiger partial charge in [-0.2, -0.15) is 0 Å². The summed E-state index contributed by atoms with van der Waals surface area (Å²) in [6, 6.07) is 13.1. The average Bonchev–Trinajstić information content (AvgIpc) is 2.86. The minimum Gasteiger partial charge on any atom is -0.312 e. The second-order valence-electron chi connectivity index (χ2n) is 6.92. The predicted octanol–water partition coefficient (Wildman–Crippen LogP) is 3.65. The lowest BCUT2D eigenvalue weighted by atomic mass is 10.0. The number of hydrogen-bond donors (Lipinski definition) is 1. The molecule has 0 amide bonds. The lowest BCUT2D eigenvalue weighted by Crippen LogP contribution is -2.15. The van der Waals surface area contributed by atoms with Crippen LogP contribution in [0.15, 0.2) is 53.6 Å². The van der Waals surface area contributed by atoms with Crippen molar-refractivity contribution >= 4 is 20.9 Å². The zero-order valence-corrected chi connectivity index (χ0v) is 15.3. The van der Waals surface area contributed by atoms with Crippen LogP contribution in [0.1, 0.15) is 36.5 Å². The molecule has 4 nitrogen and oxygen atoms in total. The van der Waals surface area contributed by atoms with E-state index in [1.807, 2.05) is 24.3 Å². The van der Waals surface area contributed by atoms with Gasteiger partial charge in [0.05, 0.1) is 10.4 Å². The largest absolute Gasteiger partial charge is 0.312 e. The number of benzene rings is 2. The van der Waals surface area contributed by atoms with E-state index < -0.39 is 10.0 Å². The average molecular weight is 354 g/mol. The van der Waals surface area contributed by atoms with Crippen LogP contribution in [-0.2, 0) is 23.0 Å². The van der Waals surface area contributed by atoms with Crippen LogP contribution in [0.2, 0.25) is 0 Å². The molecule has 0 fully saturated rings. The fraction of sp³-hybridized carbons (Fsp3) is 0.300. The molecule has 1 N–H and O–H groups in total. The Morgan fingerprint density at radius 1 is 1.04 bits per heavy atom. The monoisotopic (exact) mass is 354 g/mol. The van der Waals surface area contributed by atoms with E-state index in [-0.39, 0.29) is 0 Å². The molecule has 3 aromatic rings. The number of nitrogens with one attached hydrogen (secondary N) is 1. The second-order valence-corrected chi connectivity index (χ2v) is 8.73. The zero-order chi connectivity index (χ0) is 17.6. The maximum absolute atomic E-state index is 13.2. The number of hydrogen-bond acceptors (Lipinski definition) is 3.